The zero-order valence-corrected chi connectivity index (χ0v) is 5.32. The zero-order chi connectivity index (χ0) is 6.81. The van der Waals surface area contributed by atoms with Crippen molar-refractivity contribution >= 4 is 6.21 Å². The van der Waals surface area contributed by atoms with Crippen molar-refractivity contribution in [1.82, 2.24) is 4.98 Å². The second kappa shape index (κ2) is 2.10. The minimum Gasteiger partial charge on any atom is -0.391 e. The Morgan fingerprint density at radius 3 is 3.40 bits per heavy atom. The number of pyridine rings is 1. The largest absolute Gasteiger partial charge is 0.391 e. The van der Waals surface area contributed by atoms with E-state index in [1.54, 1.807) is 18.6 Å². The maximum Gasteiger partial charge on any atom is 0.143 e. The topological polar surface area (TPSA) is 34.5 Å². The molecule has 1 aliphatic heterocycles. The molecule has 0 atom stereocenters. The van der Waals surface area contributed by atoms with Crippen molar-refractivity contribution in [2.75, 3.05) is 0 Å². The molecule has 3 nitrogen and oxygen atoms in total. The van der Waals surface area contributed by atoms with E-state index < -0.39 is 0 Å². The van der Waals surface area contributed by atoms with E-state index in [0.29, 0.717) is 6.61 Å². The van der Waals surface area contributed by atoms with Crippen molar-refractivity contribution in [1.29, 1.82) is 0 Å². The highest BCUT2D eigenvalue weighted by molar-refractivity contribution is 5.81. The van der Waals surface area contributed by atoms with Gasteiger partial charge in [-0.1, -0.05) is 5.16 Å². The first-order valence-electron chi connectivity index (χ1n) is 3.05. The predicted octanol–water partition coefficient (Wildman–Crippen LogP) is 0.946. The van der Waals surface area contributed by atoms with Gasteiger partial charge in [0.1, 0.15) is 6.61 Å². The van der Waals surface area contributed by atoms with Crippen LogP contribution in [0.2, 0.25) is 0 Å². The van der Waals surface area contributed by atoms with Crippen molar-refractivity contribution < 1.29 is 4.84 Å². The zero-order valence-electron chi connectivity index (χ0n) is 5.32. The summed E-state index contributed by atoms with van der Waals surface area (Å²) in [5.41, 5.74) is 2.19. The minimum absolute atomic E-state index is 0.564. The van der Waals surface area contributed by atoms with E-state index in [0.717, 1.165) is 11.1 Å². The predicted molar refractivity (Wildman–Crippen MR) is 36.6 cm³/mol. The summed E-state index contributed by atoms with van der Waals surface area (Å²) in [6, 6.07) is 1.93. The third kappa shape index (κ3) is 0.757. The second-order valence-corrected chi connectivity index (χ2v) is 2.08. The standard InChI is InChI=1S/C7H6N2O/c1-2-8-3-7-4-9-10-5-6(1)7/h1-4H,5H2. The Morgan fingerprint density at radius 1 is 1.50 bits per heavy atom. The summed E-state index contributed by atoms with van der Waals surface area (Å²) >= 11 is 0. The monoisotopic (exact) mass is 134 g/mol. The van der Waals surface area contributed by atoms with Gasteiger partial charge in [-0.3, -0.25) is 4.98 Å². The molecule has 0 aliphatic carbocycles. The van der Waals surface area contributed by atoms with Crippen LogP contribution in [0.3, 0.4) is 0 Å². The molecule has 50 valence electrons. The van der Waals surface area contributed by atoms with E-state index in [1.807, 2.05) is 6.07 Å². The van der Waals surface area contributed by atoms with Crippen LogP contribution < -0.4 is 0 Å². The number of hydrogen-bond donors (Lipinski definition) is 0. The number of rotatable bonds is 0. The molecule has 0 fully saturated rings. The molecule has 0 spiro atoms. The average Bonchev–Trinajstić information content (AvgIpc) is 2.05. The third-order valence-electron chi connectivity index (χ3n) is 1.43. The molecule has 0 radical (unpaired) electrons. The quantitative estimate of drug-likeness (QED) is 0.529. The van der Waals surface area contributed by atoms with E-state index in [2.05, 4.69) is 10.1 Å². The Hall–Kier alpha value is -1.38. The van der Waals surface area contributed by atoms with Gasteiger partial charge < -0.3 is 4.84 Å². The lowest BCUT2D eigenvalue weighted by molar-refractivity contribution is 0.128. The Balaban J connectivity index is 2.54. The van der Waals surface area contributed by atoms with Gasteiger partial charge in [0.2, 0.25) is 0 Å². The lowest BCUT2D eigenvalue weighted by Gasteiger charge is -2.07. The van der Waals surface area contributed by atoms with E-state index in [9.17, 15) is 0 Å². The van der Waals surface area contributed by atoms with Gasteiger partial charge in [0, 0.05) is 23.5 Å². The molecule has 3 heteroatoms. The molecule has 2 rings (SSSR count). The van der Waals surface area contributed by atoms with Gasteiger partial charge >= 0.3 is 0 Å². The normalized spacial score (nSPS) is 14.0. The van der Waals surface area contributed by atoms with Gasteiger partial charge in [-0.25, -0.2) is 0 Å². The van der Waals surface area contributed by atoms with Gasteiger partial charge in [-0.05, 0) is 6.07 Å². The number of nitrogens with zero attached hydrogens (tertiary/aromatic N) is 2. The minimum atomic E-state index is 0.564. The number of hydrogen-bond acceptors (Lipinski definition) is 3. The maximum atomic E-state index is 4.84. The van der Waals surface area contributed by atoms with Gasteiger partial charge in [0.05, 0.1) is 6.21 Å². The lowest BCUT2D eigenvalue weighted by atomic mass is 10.1. The van der Waals surface area contributed by atoms with E-state index in [-0.39, 0.29) is 0 Å². The summed E-state index contributed by atoms with van der Waals surface area (Å²) in [4.78, 5) is 8.79. The highest BCUT2D eigenvalue weighted by Crippen LogP contribution is 2.09. The van der Waals surface area contributed by atoms with E-state index >= 15 is 0 Å². The molecular formula is C7H6N2O. The van der Waals surface area contributed by atoms with Crippen LogP contribution in [0.25, 0.3) is 0 Å². The molecule has 0 aromatic carbocycles. The summed E-state index contributed by atoms with van der Waals surface area (Å²) in [6.45, 7) is 0.564. The molecule has 1 aliphatic rings. The van der Waals surface area contributed by atoms with Crippen molar-refractivity contribution in [2.24, 2.45) is 5.16 Å². The summed E-state index contributed by atoms with van der Waals surface area (Å²) < 4.78 is 0. The second-order valence-electron chi connectivity index (χ2n) is 2.08. The highest BCUT2D eigenvalue weighted by atomic mass is 16.6. The fourth-order valence-corrected chi connectivity index (χ4v) is 0.884. The molecule has 2 heterocycles. The summed E-state index contributed by atoms with van der Waals surface area (Å²) in [7, 11) is 0. The molecule has 0 saturated heterocycles. The molecule has 1 aromatic heterocycles. The Morgan fingerprint density at radius 2 is 2.50 bits per heavy atom. The number of aromatic nitrogens is 1. The van der Waals surface area contributed by atoms with Gasteiger partial charge in [-0.15, -0.1) is 0 Å². The van der Waals surface area contributed by atoms with E-state index in [1.165, 1.54) is 0 Å². The lowest BCUT2D eigenvalue weighted by Crippen LogP contribution is -2.00. The van der Waals surface area contributed by atoms with Crippen LogP contribution in [0.15, 0.2) is 23.6 Å². The van der Waals surface area contributed by atoms with Gasteiger partial charge in [0.25, 0.3) is 0 Å². The first kappa shape index (κ1) is 5.41. The fourth-order valence-electron chi connectivity index (χ4n) is 0.884. The first-order valence-corrected chi connectivity index (χ1v) is 3.05. The van der Waals surface area contributed by atoms with Crippen molar-refractivity contribution in [3.05, 3.63) is 29.6 Å². The van der Waals surface area contributed by atoms with Crippen LogP contribution in [0.5, 0.6) is 0 Å². The smallest absolute Gasteiger partial charge is 0.143 e. The van der Waals surface area contributed by atoms with Crippen LogP contribution in [0, 0.1) is 0 Å². The van der Waals surface area contributed by atoms with Crippen molar-refractivity contribution in [2.45, 2.75) is 6.61 Å². The van der Waals surface area contributed by atoms with Gasteiger partial charge in [0.15, 0.2) is 0 Å². The van der Waals surface area contributed by atoms with Crippen LogP contribution in [0.1, 0.15) is 11.1 Å². The van der Waals surface area contributed by atoms with Crippen LogP contribution >= 0.6 is 0 Å². The summed E-state index contributed by atoms with van der Waals surface area (Å²) in [5, 5.41) is 3.65. The fraction of sp³-hybridized carbons (Fsp3) is 0.143. The molecule has 0 bridgehead atoms. The first-order chi connectivity index (χ1) is 4.97. The molecule has 0 N–H and O–H groups in total. The van der Waals surface area contributed by atoms with E-state index in [4.69, 9.17) is 4.84 Å². The molecule has 0 amide bonds. The Kier molecular flexibility index (Phi) is 1.13. The maximum absolute atomic E-state index is 4.84. The molecular weight excluding hydrogens is 128 g/mol. The molecule has 0 unspecified atom stereocenters. The van der Waals surface area contributed by atoms with Crippen molar-refractivity contribution in [3.63, 3.8) is 0 Å². The Bertz CT molecular complexity index is 270. The molecule has 0 saturated carbocycles. The number of fused-ring (bicyclic) bond motifs is 1. The van der Waals surface area contributed by atoms with Crippen LogP contribution in [-0.2, 0) is 11.4 Å². The van der Waals surface area contributed by atoms with Crippen LogP contribution in [-0.4, -0.2) is 11.2 Å². The Labute approximate surface area is 58.3 Å². The SMILES string of the molecule is C1=NOCc2ccncc21. The number of oxime groups is 1. The average molecular weight is 134 g/mol. The third-order valence-corrected chi connectivity index (χ3v) is 1.43. The molecule has 1 aromatic rings. The summed E-state index contributed by atoms with van der Waals surface area (Å²) in [5.74, 6) is 0. The van der Waals surface area contributed by atoms with Crippen LogP contribution in [0.4, 0.5) is 0 Å². The highest BCUT2D eigenvalue weighted by Gasteiger charge is 2.03. The van der Waals surface area contributed by atoms with Crippen molar-refractivity contribution in [3.8, 4) is 0 Å². The summed E-state index contributed by atoms with van der Waals surface area (Å²) in [6.07, 6.45) is 5.20. The molecule has 10 heavy (non-hydrogen) atoms. The van der Waals surface area contributed by atoms with Gasteiger partial charge in [-0.2, -0.15) is 0 Å².